The number of rotatable bonds is 4. The molecule has 0 fully saturated rings. The molecule has 0 aromatic carbocycles. The van der Waals surface area contributed by atoms with E-state index in [2.05, 4.69) is 20.8 Å². The Bertz CT molecular complexity index is 292. The fourth-order valence-electron chi connectivity index (χ4n) is 1.78. The minimum absolute atomic E-state index is 0.212. The largest absolute Gasteiger partial charge is 0.478 e. The molecule has 0 bridgehead atoms. The van der Waals surface area contributed by atoms with E-state index in [0.717, 1.165) is 12.5 Å². The quantitative estimate of drug-likeness (QED) is 0.572. The molecule has 84 valence electrons. The van der Waals surface area contributed by atoms with Crippen molar-refractivity contribution in [2.75, 3.05) is 0 Å². The molecule has 0 radical (unpaired) electrons. The van der Waals surface area contributed by atoms with Crippen molar-refractivity contribution < 1.29 is 9.90 Å². The standard InChI is InChI=1S/C12H19NO2/c1-9(7-12(2,3)4)5-10(8-13)6-11(14)15/h6,9H,5,7H2,1-4H3,(H,14,15). The number of nitrogens with zero attached hydrogens (tertiary/aromatic N) is 1. The van der Waals surface area contributed by atoms with E-state index in [1.807, 2.05) is 13.0 Å². The van der Waals surface area contributed by atoms with E-state index in [9.17, 15) is 4.79 Å². The first-order valence-electron chi connectivity index (χ1n) is 5.08. The molecule has 3 nitrogen and oxygen atoms in total. The van der Waals surface area contributed by atoms with Crippen molar-refractivity contribution in [1.29, 1.82) is 5.26 Å². The molecule has 0 aliphatic carbocycles. The van der Waals surface area contributed by atoms with Crippen molar-refractivity contribution in [3.8, 4) is 6.07 Å². The maximum Gasteiger partial charge on any atom is 0.329 e. The molecule has 0 aromatic heterocycles. The van der Waals surface area contributed by atoms with Gasteiger partial charge in [-0.1, -0.05) is 27.7 Å². The van der Waals surface area contributed by atoms with E-state index in [1.54, 1.807) is 0 Å². The lowest BCUT2D eigenvalue weighted by Crippen LogP contribution is -2.11. The fraction of sp³-hybridized carbons (Fsp3) is 0.667. The van der Waals surface area contributed by atoms with Crippen LogP contribution in [0.3, 0.4) is 0 Å². The van der Waals surface area contributed by atoms with E-state index in [-0.39, 0.29) is 5.41 Å². The summed E-state index contributed by atoms with van der Waals surface area (Å²) in [4.78, 5) is 10.4. The number of hydrogen-bond acceptors (Lipinski definition) is 2. The molecule has 0 aliphatic heterocycles. The summed E-state index contributed by atoms with van der Waals surface area (Å²) in [6.07, 6.45) is 2.52. The van der Waals surface area contributed by atoms with Crippen LogP contribution in [0.2, 0.25) is 0 Å². The first-order chi connectivity index (χ1) is 6.74. The monoisotopic (exact) mass is 209 g/mol. The van der Waals surface area contributed by atoms with Crippen LogP contribution in [0.5, 0.6) is 0 Å². The highest BCUT2D eigenvalue weighted by Gasteiger charge is 2.16. The van der Waals surface area contributed by atoms with Gasteiger partial charge in [-0.05, 0) is 24.2 Å². The molecule has 0 amide bonds. The van der Waals surface area contributed by atoms with E-state index in [1.165, 1.54) is 0 Å². The van der Waals surface area contributed by atoms with Gasteiger partial charge < -0.3 is 5.11 Å². The van der Waals surface area contributed by atoms with Crippen molar-refractivity contribution in [3.63, 3.8) is 0 Å². The molecule has 1 N–H and O–H groups in total. The van der Waals surface area contributed by atoms with Gasteiger partial charge in [0.1, 0.15) is 0 Å². The van der Waals surface area contributed by atoms with Gasteiger partial charge in [-0.25, -0.2) is 4.79 Å². The Morgan fingerprint density at radius 3 is 2.40 bits per heavy atom. The second-order valence-corrected chi connectivity index (χ2v) is 5.19. The number of carboxylic acids is 1. The Hall–Kier alpha value is -1.30. The SMILES string of the molecule is CC(CC(C#N)=CC(=O)O)CC(C)(C)C. The van der Waals surface area contributed by atoms with Crippen LogP contribution < -0.4 is 0 Å². The summed E-state index contributed by atoms with van der Waals surface area (Å²) in [7, 11) is 0. The van der Waals surface area contributed by atoms with Crippen LogP contribution in [0.25, 0.3) is 0 Å². The Morgan fingerprint density at radius 1 is 1.53 bits per heavy atom. The molecule has 0 rings (SSSR count). The van der Waals surface area contributed by atoms with Crippen LogP contribution in [0.15, 0.2) is 11.6 Å². The van der Waals surface area contributed by atoms with Crippen molar-refractivity contribution in [1.82, 2.24) is 0 Å². The summed E-state index contributed by atoms with van der Waals surface area (Å²) in [5.74, 6) is -0.718. The Morgan fingerprint density at radius 2 is 2.07 bits per heavy atom. The van der Waals surface area contributed by atoms with E-state index >= 15 is 0 Å². The topological polar surface area (TPSA) is 61.1 Å². The molecule has 0 aliphatic rings. The smallest absolute Gasteiger partial charge is 0.329 e. The van der Waals surface area contributed by atoms with Gasteiger partial charge in [0.15, 0.2) is 0 Å². The highest BCUT2D eigenvalue weighted by molar-refractivity contribution is 5.81. The molecule has 0 spiro atoms. The van der Waals surface area contributed by atoms with Crippen LogP contribution in [-0.4, -0.2) is 11.1 Å². The van der Waals surface area contributed by atoms with Gasteiger partial charge >= 0.3 is 5.97 Å². The summed E-state index contributed by atoms with van der Waals surface area (Å²) in [6, 6.07) is 1.93. The molecule has 15 heavy (non-hydrogen) atoms. The lowest BCUT2D eigenvalue weighted by molar-refractivity contribution is -0.131. The van der Waals surface area contributed by atoms with Gasteiger partial charge in [0.05, 0.1) is 6.07 Å². The van der Waals surface area contributed by atoms with E-state index in [4.69, 9.17) is 10.4 Å². The van der Waals surface area contributed by atoms with Crippen molar-refractivity contribution in [2.24, 2.45) is 11.3 Å². The molecule has 1 atom stereocenters. The summed E-state index contributed by atoms with van der Waals surface area (Å²) in [5.41, 5.74) is 0.558. The van der Waals surface area contributed by atoms with Crippen LogP contribution in [0.1, 0.15) is 40.5 Å². The molecule has 0 saturated heterocycles. The molecular formula is C12H19NO2. The number of carbonyl (C=O) groups is 1. The van der Waals surface area contributed by atoms with Gasteiger partial charge in [0.2, 0.25) is 0 Å². The third-order valence-corrected chi connectivity index (χ3v) is 1.97. The van der Waals surface area contributed by atoms with Crippen LogP contribution in [0, 0.1) is 22.7 Å². The van der Waals surface area contributed by atoms with Crippen LogP contribution >= 0.6 is 0 Å². The molecule has 0 aromatic rings. The lowest BCUT2D eigenvalue weighted by atomic mass is 9.83. The minimum Gasteiger partial charge on any atom is -0.478 e. The third kappa shape index (κ3) is 7.75. The van der Waals surface area contributed by atoms with Crippen LogP contribution in [-0.2, 0) is 4.79 Å². The van der Waals surface area contributed by atoms with E-state index in [0.29, 0.717) is 17.9 Å². The third-order valence-electron chi connectivity index (χ3n) is 1.97. The number of carboxylic acid groups (broad SMARTS) is 1. The summed E-state index contributed by atoms with van der Waals surface area (Å²) in [6.45, 7) is 8.45. The number of hydrogen-bond donors (Lipinski definition) is 1. The summed E-state index contributed by atoms with van der Waals surface area (Å²) < 4.78 is 0. The predicted molar refractivity (Wildman–Crippen MR) is 59.2 cm³/mol. The van der Waals surface area contributed by atoms with Gasteiger partial charge in [0.25, 0.3) is 0 Å². The minimum atomic E-state index is -1.05. The number of aliphatic carboxylic acids is 1. The first kappa shape index (κ1) is 13.7. The number of allylic oxidation sites excluding steroid dienone is 1. The second-order valence-electron chi connectivity index (χ2n) is 5.19. The predicted octanol–water partition coefficient (Wildman–Crippen LogP) is 2.98. The zero-order valence-corrected chi connectivity index (χ0v) is 9.87. The zero-order chi connectivity index (χ0) is 12.1. The maximum absolute atomic E-state index is 10.4. The second kappa shape index (κ2) is 5.55. The van der Waals surface area contributed by atoms with Crippen molar-refractivity contribution in [3.05, 3.63) is 11.6 Å². The Balaban J connectivity index is 4.34. The lowest BCUT2D eigenvalue weighted by Gasteiger charge is -2.22. The normalized spacial score (nSPS) is 14.5. The molecule has 0 saturated carbocycles. The van der Waals surface area contributed by atoms with Crippen LogP contribution in [0.4, 0.5) is 0 Å². The summed E-state index contributed by atoms with van der Waals surface area (Å²) >= 11 is 0. The molecule has 3 heteroatoms. The molecule has 0 heterocycles. The summed E-state index contributed by atoms with van der Waals surface area (Å²) in [5, 5.41) is 17.3. The first-order valence-corrected chi connectivity index (χ1v) is 5.08. The van der Waals surface area contributed by atoms with Gasteiger partial charge in [-0.15, -0.1) is 0 Å². The molecular weight excluding hydrogens is 190 g/mol. The highest BCUT2D eigenvalue weighted by Crippen LogP contribution is 2.27. The van der Waals surface area contributed by atoms with Crippen molar-refractivity contribution in [2.45, 2.75) is 40.5 Å². The Kier molecular flexibility index (Phi) is 5.07. The molecule has 1 unspecified atom stereocenters. The number of nitriles is 1. The average molecular weight is 209 g/mol. The highest BCUT2D eigenvalue weighted by atomic mass is 16.4. The van der Waals surface area contributed by atoms with E-state index < -0.39 is 5.97 Å². The Labute approximate surface area is 91.4 Å². The van der Waals surface area contributed by atoms with Gasteiger partial charge in [-0.3, -0.25) is 0 Å². The maximum atomic E-state index is 10.4. The van der Waals surface area contributed by atoms with Crippen molar-refractivity contribution >= 4 is 5.97 Å². The fourth-order valence-corrected chi connectivity index (χ4v) is 1.78. The van der Waals surface area contributed by atoms with Gasteiger partial charge in [-0.2, -0.15) is 5.26 Å². The van der Waals surface area contributed by atoms with Gasteiger partial charge in [0, 0.05) is 11.6 Å². The average Bonchev–Trinajstić information content (AvgIpc) is 1.98. The zero-order valence-electron chi connectivity index (χ0n) is 9.87.